The smallest absolute Gasteiger partial charge is 0.141 e. The van der Waals surface area contributed by atoms with Crippen molar-refractivity contribution in [2.24, 2.45) is 23.7 Å². The van der Waals surface area contributed by atoms with Crippen molar-refractivity contribution in [3.05, 3.63) is 35.1 Å². The summed E-state index contributed by atoms with van der Waals surface area (Å²) >= 11 is 0. The van der Waals surface area contributed by atoms with Crippen LogP contribution >= 0.6 is 0 Å². The molecule has 0 aromatic heterocycles. The predicted molar refractivity (Wildman–Crippen MR) is 119 cm³/mol. The molecule has 1 aromatic rings. The van der Waals surface area contributed by atoms with E-state index in [0.29, 0.717) is 0 Å². The van der Waals surface area contributed by atoms with E-state index in [2.05, 4.69) is 6.92 Å². The van der Waals surface area contributed by atoms with E-state index in [-0.39, 0.29) is 11.4 Å². The van der Waals surface area contributed by atoms with Crippen LogP contribution < -0.4 is 0 Å². The zero-order valence-electron chi connectivity index (χ0n) is 18.5. The zero-order valence-corrected chi connectivity index (χ0v) is 18.5. The topological polar surface area (TPSA) is 23.8 Å². The van der Waals surface area contributed by atoms with Crippen LogP contribution in [0.3, 0.4) is 0 Å². The maximum atomic E-state index is 13.8. The molecule has 0 atom stereocenters. The summed E-state index contributed by atoms with van der Waals surface area (Å²) in [6.45, 7) is 2.31. The van der Waals surface area contributed by atoms with Crippen molar-refractivity contribution in [1.29, 1.82) is 5.26 Å². The Hall–Kier alpha value is -1.36. The minimum atomic E-state index is -0.367. The van der Waals surface area contributed by atoms with Gasteiger partial charge in [-0.3, -0.25) is 0 Å². The Balaban J connectivity index is 1.29. The van der Waals surface area contributed by atoms with E-state index in [0.717, 1.165) is 35.7 Å². The van der Waals surface area contributed by atoms with Crippen LogP contribution in [-0.4, -0.2) is 0 Å². The van der Waals surface area contributed by atoms with E-state index < -0.39 is 0 Å². The molecule has 0 radical (unpaired) electrons. The second-order valence-corrected chi connectivity index (χ2v) is 9.96. The summed E-state index contributed by atoms with van der Waals surface area (Å²) in [5.74, 6) is 3.44. The Kier molecular flexibility index (Phi) is 9.03. The van der Waals surface area contributed by atoms with Crippen LogP contribution in [0.4, 0.5) is 4.39 Å². The predicted octanol–water partition coefficient (Wildman–Crippen LogP) is 8.21. The fraction of sp³-hybridized carbons (Fsp3) is 0.741. The van der Waals surface area contributed by atoms with Crippen LogP contribution in [0, 0.1) is 40.8 Å². The number of hydrogen-bond donors (Lipinski definition) is 0. The number of aryl methyl sites for hydroxylation is 1. The lowest BCUT2D eigenvalue weighted by molar-refractivity contribution is 0.209. The molecule has 0 N–H and O–H groups in total. The molecule has 1 nitrogen and oxygen atoms in total. The van der Waals surface area contributed by atoms with Gasteiger partial charge in [-0.2, -0.15) is 5.26 Å². The van der Waals surface area contributed by atoms with Crippen molar-refractivity contribution >= 4 is 0 Å². The highest BCUT2D eigenvalue weighted by Gasteiger charge is 2.24. The highest BCUT2D eigenvalue weighted by molar-refractivity contribution is 5.33. The van der Waals surface area contributed by atoms with Gasteiger partial charge in [0.05, 0.1) is 5.56 Å². The molecule has 0 spiro atoms. The van der Waals surface area contributed by atoms with Gasteiger partial charge < -0.3 is 0 Å². The summed E-state index contributed by atoms with van der Waals surface area (Å²) in [7, 11) is 0. The van der Waals surface area contributed by atoms with Crippen molar-refractivity contribution in [1.82, 2.24) is 0 Å². The van der Waals surface area contributed by atoms with Crippen molar-refractivity contribution in [3.63, 3.8) is 0 Å². The van der Waals surface area contributed by atoms with Gasteiger partial charge in [-0.05, 0) is 54.2 Å². The number of halogens is 1. The van der Waals surface area contributed by atoms with Gasteiger partial charge in [0.2, 0.25) is 0 Å². The maximum absolute atomic E-state index is 13.8. The second-order valence-electron chi connectivity index (χ2n) is 9.96. The van der Waals surface area contributed by atoms with E-state index in [1.54, 1.807) is 12.1 Å². The van der Waals surface area contributed by atoms with Crippen LogP contribution in [0.25, 0.3) is 0 Å². The number of unbranched alkanes of at least 4 members (excludes halogenated alkanes) is 1. The standard InChI is InChI=1S/C27H40FN/c1-2-3-4-21-5-7-22(8-6-21)9-10-23-11-13-24(14-12-23)15-16-25-17-18-26(20-29)27(28)19-25/h17-19,21-24H,2-16H2,1H3/t21-,22-,23-,24-. The molecule has 0 aliphatic heterocycles. The van der Waals surface area contributed by atoms with Crippen molar-refractivity contribution in [2.45, 2.75) is 103 Å². The van der Waals surface area contributed by atoms with Gasteiger partial charge in [-0.25, -0.2) is 4.39 Å². The van der Waals surface area contributed by atoms with Crippen molar-refractivity contribution in [2.75, 3.05) is 0 Å². The molecule has 0 heterocycles. The molecule has 3 rings (SSSR count). The summed E-state index contributed by atoms with van der Waals surface area (Å²) in [6.07, 6.45) is 20.8. The van der Waals surface area contributed by atoms with E-state index in [4.69, 9.17) is 5.26 Å². The fourth-order valence-electron chi connectivity index (χ4n) is 5.76. The maximum Gasteiger partial charge on any atom is 0.141 e. The molecule has 0 bridgehead atoms. The van der Waals surface area contributed by atoms with Gasteiger partial charge in [0, 0.05) is 0 Å². The SMILES string of the molecule is CCCC[C@H]1CC[C@H](CC[C@H]2CC[C@H](CCc3ccc(C#N)c(F)c3)CC2)CC1. The second kappa shape index (κ2) is 11.7. The first-order valence-electron chi connectivity index (χ1n) is 12.4. The average Bonchev–Trinajstić information content (AvgIpc) is 2.76. The lowest BCUT2D eigenvalue weighted by Gasteiger charge is -2.32. The Morgan fingerprint density at radius 3 is 1.83 bits per heavy atom. The summed E-state index contributed by atoms with van der Waals surface area (Å²) in [4.78, 5) is 0. The summed E-state index contributed by atoms with van der Waals surface area (Å²) in [6, 6.07) is 7.00. The van der Waals surface area contributed by atoms with Crippen LogP contribution in [0.15, 0.2) is 18.2 Å². The molecule has 2 aliphatic carbocycles. The van der Waals surface area contributed by atoms with Crippen LogP contribution in [0.5, 0.6) is 0 Å². The first-order valence-corrected chi connectivity index (χ1v) is 12.4. The van der Waals surface area contributed by atoms with E-state index in [9.17, 15) is 4.39 Å². The molecule has 1 aromatic carbocycles. The number of nitriles is 1. The third kappa shape index (κ3) is 7.13. The normalized spacial score (nSPS) is 27.5. The molecular weight excluding hydrogens is 357 g/mol. The first kappa shape index (κ1) is 22.3. The zero-order chi connectivity index (χ0) is 20.5. The minimum absolute atomic E-state index is 0.156. The van der Waals surface area contributed by atoms with Gasteiger partial charge >= 0.3 is 0 Å². The summed E-state index contributed by atoms with van der Waals surface area (Å²) < 4.78 is 13.8. The van der Waals surface area contributed by atoms with E-state index in [1.807, 2.05) is 12.1 Å². The number of hydrogen-bond acceptors (Lipinski definition) is 1. The number of benzene rings is 1. The van der Waals surface area contributed by atoms with Crippen LogP contribution in [0.2, 0.25) is 0 Å². The van der Waals surface area contributed by atoms with Gasteiger partial charge in [0.25, 0.3) is 0 Å². The van der Waals surface area contributed by atoms with Gasteiger partial charge in [0.1, 0.15) is 11.9 Å². The third-order valence-electron chi connectivity index (χ3n) is 7.88. The molecule has 0 saturated heterocycles. The molecule has 2 heteroatoms. The first-order chi connectivity index (χ1) is 14.2. The molecular formula is C27H40FN. The molecule has 0 amide bonds. The molecule has 160 valence electrons. The Morgan fingerprint density at radius 1 is 0.828 bits per heavy atom. The number of rotatable bonds is 9. The monoisotopic (exact) mass is 397 g/mol. The highest BCUT2D eigenvalue weighted by atomic mass is 19.1. The molecule has 2 aliphatic rings. The molecule has 0 unspecified atom stereocenters. The van der Waals surface area contributed by atoms with E-state index >= 15 is 0 Å². The largest absolute Gasteiger partial charge is 0.206 e. The van der Waals surface area contributed by atoms with Crippen molar-refractivity contribution in [3.8, 4) is 6.07 Å². The summed E-state index contributed by atoms with van der Waals surface area (Å²) in [5.41, 5.74) is 1.20. The molecule has 29 heavy (non-hydrogen) atoms. The van der Waals surface area contributed by atoms with Gasteiger partial charge in [-0.1, -0.05) is 96.5 Å². The molecule has 2 saturated carbocycles. The summed E-state index contributed by atoms with van der Waals surface area (Å²) in [5, 5.41) is 8.85. The highest BCUT2D eigenvalue weighted by Crippen LogP contribution is 2.38. The van der Waals surface area contributed by atoms with E-state index in [1.165, 1.54) is 89.9 Å². The van der Waals surface area contributed by atoms with Gasteiger partial charge in [0.15, 0.2) is 0 Å². The van der Waals surface area contributed by atoms with Gasteiger partial charge in [-0.15, -0.1) is 0 Å². The Bertz CT molecular complexity index is 645. The lowest BCUT2D eigenvalue weighted by atomic mass is 9.74. The van der Waals surface area contributed by atoms with Crippen LogP contribution in [0.1, 0.15) is 108 Å². The third-order valence-corrected chi connectivity index (χ3v) is 7.88. The number of nitrogens with zero attached hydrogens (tertiary/aromatic N) is 1. The quantitative estimate of drug-likeness (QED) is 0.412. The fourth-order valence-corrected chi connectivity index (χ4v) is 5.76. The minimum Gasteiger partial charge on any atom is -0.206 e. The molecule has 2 fully saturated rings. The average molecular weight is 398 g/mol. The van der Waals surface area contributed by atoms with Crippen LogP contribution in [-0.2, 0) is 6.42 Å². The Labute approximate surface area is 178 Å². The Morgan fingerprint density at radius 2 is 1.34 bits per heavy atom. The lowest BCUT2D eigenvalue weighted by Crippen LogP contribution is -2.18. The van der Waals surface area contributed by atoms with Crippen molar-refractivity contribution < 1.29 is 4.39 Å².